The Morgan fingerprint density at radius 2 is 1.05 bits per heavy atom. The van der Waals surface area contributed by atoms with Gasteiger partial charge in [-0.15, -0.1) is 0 Å². The molecule has 0 unspecified atom stereocenters. The summed E-state index contributed by atoms with van der Waals surface area (Å²) in [6.45, 7) is 0. The second-order valence-corrected chi connectivity index (χ2v) is 6.80. The molecule has 0 bridgehead atoms. The van der Waals surface area contributed by atoms with Crippen LogP contribution in [-0.4, -0.2) is 9.97 Å². The molecule has 0 amide bonds. The van der Waals surface area contributed by atoms with E-state index in [9.17, 15) is 0 Å². The van der Waals surface area contributed by atoms with Gasteiger partial charge < -0.3 is 9.47 Å². The third-order valence-corrected chi connectivity index (χ3v) is 4.10. The van der Waals surface area contributed by atoms with Gasteiger partial charge in [-0.3, -0.25) is 4.98 Å². The molecule has 1 heterocycles. The van der Waals surface area contributed by atoms with Crippen molar-refractivity contribution in [2.24, 2.45) is 0 Å². The van der Waals surface area contributed by atoms with Crippen LogP contribution >= 0.6 is 45.2 Å². The number of hydrogen-bond acceptors (Lipinski definition) is 4. The Bertz CT molecular complexity index is 699. The molecule has 0 aliphatic heterocycles. The van der Waals surface area contributed by atoms with Crippen LogP contribution in [0.1, 0.15) is 0 Å². The summed E-state index contributed by atoms with van der Waals surface area (Å²) in [6.07, 6.45) is 3.11. The first-order valence-electron chi connectivity index (χ1n) is 6.38. The summed E-state index contributed by atoms with van der Waals surface area (Å²) < 4.78 is 13.6. The Balaban J connectivity index is 1.74. The van der Waals surface area contributed by atoms with Crippen LogP contribution in [0.25, 0.3) is 0 Å². The molecule has 4 nitrogen and oxygen atoms in total. The zero-order valence-corrected chi connectivity index (χ0v) is 15.6. The van der Waals surface area contributed by atoms with Crippen molar-refractivity contribution in [3.63, 3.8) is 0 Å². The van der Waals surface area contributed by atoms with Crippen molar-refractivity contribution in [2.75, 3.05) is 0 Å². The van der Waals surface area contributed by atoms with Crippen LogP contribution in [0.3, 0.4) is 0 Å². The molecule has 2 aromatic carbocycles. The van der Waals surface area contributed by atoms with Crippen LogP contribution in [-0.2, 0) is 0 Å². The quantitative estimate of drug-likeness (QED) is 0.444. The molecule has 6 heteroatoms. The van der Waals surface area contributed by atoms with E-state index >= 15 is 0 Å². The van der Waals surface area contributed by atoms with Gasteiger partial charge in [0.2, 0.25) is 11.8 Å². The van der Waals surface area contributed by atoms with Gasteiger partial charge in [-0.2, -0.15) is 4.98 Å². The van der Waals surface area contributed by atoms with Crippen molar-refractivity contribution < 1.29 is 9.47 Å². The van der Waals surface area contributed by atoms with Crippen molar-refractivity contribution in [2.45, 2.75) is 0 Å². The Labute approximate surface area is 155 Å². The van der Waals surface area contributed by atoms with Gasteiger partial charge in [0.1, 0.15) is 11.5 Å². The Morgan fingerprint density at radius 3 is 1.45 bits per heavy atom. The van der Waals surface area contributed by atoms with Gasteiger partial charge in [-0.25, -0.2) is 0 Å². The Hall–Kier alpha value is -1.42. The lowest BCUT2D eigenvalue weighted by Crippen LogP contribution is -1.93. The standard InChI is InChI=1S/C16H10I2N2O2/c17-11-1-5-13(6-2-11)21-15-9-19-10-16(20-15)22-14-7-3-12(18)4-8-14/h1-10H. The summed E-state index contributed by atoms with van der Waals surface area (Å²) in [7, 11) is 0. The third kappa shape index (κ3) is 4.29. The lowest BCUT2D eigenvalue weighted by atomic mass is 10.3. The number of rotatable bonds is 4. The molecule has 3 aromatic rings. The van der Waals surface area contributed by atoms with Crippen molar-refractivity contribution in [3.05, 3.63) is 68.1 Å². The molecule has 1 aromatic heterocycles. The topological polar surface area (TPSA) is 44.2 Å². The van der Waals surface area contributed by atoms with Gasteiger partial charge in [0.15, 0.2) is 0 Å². The molecule has 0 saturated carbocycles. The van der Waals surface area contributed by atoms with E-state index in [4.69, 9.17) is 9.47 Å². The second kappa shape index (κ2) is 7.23. The maximum absolute atomic E-state index is 5.67. The number of halogens is 2. The molecule has 0 N–H and O–H groups in total. The summed E-state index contributed by atoms with van der Waals surface area (Å²) in [5.74, 6) is 2.20. The largest absolute Gasteiger partial charge is 0.437 e. The normalized spacial score (nSPS) is 10.3. The second-order valence-electron chi connectivity index (χ2n) is 4.31. The molecular weight excluding hydrogens is 506 g/mol. The smallest absolute Gasteiger partial charge is 0.241 e. The third-order valence-electron chi connectivity index (χ3n) is 2.66. The van der Waals surface area contributed by atoms with Crippen LogP contribution in [0.15, 0.2) is 60.9 Å². The van der Waals surface area contributed by atoms with E-state index in [0.717, 1.165) is 7.14 Å². The van der Waals surface area contributed by atoms with E-state index in [1.165, 1.54) is 0 Å². The highest BCUT2D eigenvalue weighted by Crippen LogP contribution is 2.24. The molecule has 0 spiro atoms. The van der Waals surface area contributed by atoms with Gasteiger partial charge in [0, 0.05) is 7.14 Å². The van der Waals surface area contributed by atoms with Gasteiger partial charge in [0.05, 0.1) is 12.4 Å². The minimum atomic E-state index is 0.393. The summed E-state index contributed by atoms with van der Waals surface area (Å²) in [5.41, 5.74) is 0. The van der Waals surface area contributed by atoms with E-state index < -0.39 is 0 Å². The van der Waals surface area contributed by atoms with Crippen molar-refractivity contribution in [1.82, 2.24) is 9.97 Å². The van der Waals surface area contributed by atoms with E-state index in [-0.39, 0.29) is 0 Å². The summed E-state index contributed by atoms with van der Waals surface area (Å²) in [4.78, 5) is 8.39. The predicted octanol–water partition coefficient (Wildman–Crippen LogP) is 5.27. The zero-order valence-electron chi connectivity index (χ0n) is 11.2. The van der Waals surface area contributed by atoms with Crippen LogP contribution in [0.5, 0.6) is 23.3 Å². The van der Waals surface area contributed by atoms with Crippen molar-refractivity contribution in [1.29, 1.82) is 0 Å². The van der Waals surface area contributed by atoms with E-state index in [1.807, 2.05) is 48.5 Å². The molecule has 0 radical (unpaired) electrons. The Morgan fingerprint density at radius 1 is 0.636 bits per heavy atom. The fourth-order valence-corrected chi connectivity index (χ4v) is 2.40. The highest BCUT2D eigenvalue weighted by molar-refractivity contribution is 14.1. The lowest BCUT2D eigenvalue weighted by molar-refractivity contribution is 0.422. The molecule has 0 saturated heterocycles. The molecule has 0 fully saturated rings. The first kappa shape index (κ1) is 15.5. The molecule has 110 valence electrons. The van der Waals surface area contributed by atoms with Crippen LogP contribution < -0.4 is 9.47 Å². The summed E-state index contributed by atoms with van der Waals surface area (Å²) in [6, 6.07) is 15.4. The molecule has 22 heavy (non-hydrogen) atoms. The van der Waals surface area contributed by atoms with E-state index in [2.05, 4.69) is 55.1 Å². The summed E-state index contributed by atoms with van der Waals surface area (Å²) >= 11 is 4.49. The van der Waals surface area contributed by atoms with E-state index in [1.54, 1.807) is 12.4 Å². The zero-order chi connectivity index (χ0) is 15.4. The van der Waals surface area contributed by atoms with E-state index in [0.29, 0.717) is 23.3 Å². The summed E-state index contributed by atoms with van der Waals surface area (Å²) in [5, 5.41) is 0. The van der Waals surface area contributed by atoms with Crippen LogP contribution in [0.4, 0.5) is 0 Å². The van der Waals surface area contributed by atoms with Crippen molar-refractivity contribution >= 4 is 45.2 Å². The minimum absolute atomic E-state index is 0.393. The molecule has 0 aliphatic carbocycles. The maximum Gasteiger partial charge on any atom is 0.241 e. The number of aromatic nitrogens is 2. The number of ether oxygens (including phenoxy) is 2. The van der Waals surface area contributed by atoms with Gasteiger partial charge >= 0.3 is 0 Å². The van der Waals surface area contributed by atoms with Crippen LogP contribution in [0, 0.1) is 7.14 Å². The first-order chi connectivity index (χ1) is 10.7. The highest BCUT2D eigenvalue weighted by atomic mass is 127. The fourth-order valence-electron chi connectivity index (χ4n) is 1.68. The van der Waals surface area contributed by atoms with Crippen LogP contribution in [0.2, 0.25) is 0 Å². The fraction of sp³-hybridized carbons (Fsp3) is 0. The van der Waals surface area contributed by atoms with Gasteiger partial charge in [0.25, 0.3) is 0 Å². The lowest BCUT2D eigenvalue weighted by Gasteiger charge is -2.07. The average molecular weight is 516 g/mol. The van der Waals surface area contributed by atoms with Crippen molar-refractivity contribution in [3.8, 4) is 23.3 Å². The molecular formula is C16H10I2N2O2. The minimum Gasteiger partial charge on any atom is -0.437 e. The first-order valence-corrected chi connectivity index (χ1v) is 8.54. The predicted molar refractivity (Wildman–Crippen MR) is 100 cm³/mol. The average Bonchev–Trinajstić information content (AvgIpc) is 2.52. The number of hydrogen-bond donors (Lipinski definition) is 0. The van der Waals surface area contributed by atoms with Gasteiger partial charge in [-0.05, 0) is 93.7 Å². The number of nitrogens with zero attached hydrogens (tertiary/aromatic N) is 2. The molecule has 0 atom stereocenters. The number of benzene rings is 2. The highest BCUT2D eigenvalue weighted by Gasteiger charge is 2.04. The van der Waals surface area contributed by atoms with Gasteiger partial charge in [-0.1, -0.05) is 0 Å². The SMILES string of the molecule is Ic1ccc(Oc2cncc(Oc3ccc(I)cc3)n2)cc1. The Kier molecular flexibility index (Phi) is 5.08. The maximum atomic E-state index is 5.67. The molecule has 0 aliphatic rings. The monoisotopic (exact) mass is 516 g/mol. The molecule has 3 rings (SSSR count).